The predicted octanol–water partition coefficient (Wildman–Crippen LogP) is 0.840. The highest BCUT2D eigenvalue weighted by molar-refractivity contribution is 5.82. The Morgan fingerprint density at radius 3 is 2.41 bits per heavy atom. The second-order valence-electron chi connectivity index (χ2n) is 4.82. The van der Waals surface area contributed by atoms with E-state index in [2.05, 4.69) is 10.2 Å². The Morgan fingerprint density at radius 1 is 1.35 bits per heavy atom. The van der Waals surface area contributed by atoms with Gasteiger partial charge in [0.25, 0.3) is 0 Å². The Hall–Kier alpha value is -1.10. The minimum atomic E-state index is -0.970. The smallest absolute Gasteiger partial charge is 0.327 e. The second-order valence-corrected chi connectivity index (χ2v) is 4.82. The molecule has 2 N–H and O–H groups in total. The highest BCUT2D eigenvalue weighted by Crippen LogP contribution is 2.21. The number of carbonyl (C=O) groups is 2. The lowest BCUT2D eigenvalue weighted by Crippen LogP contribution is -2.49. The van der Waals surface area contributed by atoms with Crippen LogP contribution in [0.25, 0.3) is 0 Å². The van der Waals surface area contributed by atoms with Crippen LogP contribution in [0.2, 0.25) is 0 Å². The number of nitrogens with zero attached hydrogens (tertiary/aromatic N) is 1. The lowest BCUT2D eigenvalue weighted by molar-refractivity contribution is -0.142. The van der Waals surface area contributed by atoms with E-state index in [9.17, 15) is 9.59 Å². The van der Waals surface area contributed by atoms with Crippen molar-refractivity contribution in [2.75, 3.05) is 13.6 Å². The number of carboxylic acid groups (broad SMARTS) is 1. The van der Waals surface area contributed by atoms with Crippen LogP contribution in [0.4, 0.5) is 0 Å². The van der Waals surface area contributed by atoms with Crippen molar-refractivity contribution < 1.29 is 14.7 Å². The quantitative estimate of drug-likeness (QED) is 0.749. The van der Waals surface area contributed by atoms with Gasteiger partial charge in [-0.15, -0.1) is 0 Å². The third-order valence-electron chi connectivity index (χ3n) is 3.34. The van der Waals surface area contributed by atoms with Crippen molar-refractivity contribution in [1.29, 1.82) is 0 Å². The van der Waals surface area contributed by atoms with Crippen LogP contribution < -0.4 is 5.32 Å². The third-order valence-corrected chi connectivity index (χ3v) is 3.34. The van der Waals surface area contributed by atoms with Gasteiger partial charge in [0.05, 0.1) is 0 Å². The van der Waals surface area contributed by atoms with Crippen LogP contribution in [0.15, 0.2) is 0 Å². The maximum atomic E-state index is 11.0. The molecule has 1 aliphatic rings. The standard InChI is InChI=1S/C12H22N2O3/c1-9(15)13-11(12(16)17)8-14(2)10-6-4-3-5-7-10/h10-11H,3-8H2,1-2H3,(H,13,15)(H,16,17). The van der Waals surface area contributed by atoms with Gasteiger partial charge in [0, 0.05) is 19.5 Å². The fourth-order valence-corrected chi connectivity index (χ4v) is 2.39. The van der Waals surface area contributed by atoms with E-state index < -0.39 is 12.0 Å². The lowest BCUT2D eigenvalue weighted by Gasteiger charge is -2.32. The monoisotopic (exact) mass is 242 g/mol. The number of rotatable bonds is 5. The maximum Gasteiger partial charge on any atom is 0.327 e. The summed E-state index contributed by atoms with van der Waals surface area (Å²) in [6.07, 6.45) is 5.96. The SMILES string of the molecule is CC(=O)NC(CN(C)C1CCCCC1)C(=O)O. The van der Waals surface area contributed by atoms with Crippen LogP contribution in [-0.4, -0.2) is 47.6 Å². The maximum absolute atomic E-state index is 11.0. The first-order valence-corrected chi connectivity index (χ1v) is 6.21. The molecule has 17 heavy (non-hydrogen) atoms. The number of likely N-dealkylation sites (N-methyl/N-ethyl adjacent to an activating group) is 1. The number of carboxylic acids is 1. The molecule has 0 aromatic heterocycles. The van der Waals surface area contributed by atoms with Crippen molar-refractivity contribution in [1.82, 2.24) is 10.2 Å². The van der Waals surface area contributed by atoms with Gasteiger partial charge in [-0.25, -0.2) is 4.79 Å². The normalized spacial score (nSPS) is 19.0. The van der Waals surface area contributed by atoms with Gasteiger partial charge in [0.1, 0.15) is 6.04 Å². The third kappa shape index (κ3) is 4.73. The van der Waals surface area contributed by atoms with Gasteiger partial charge in [0.15, 0.2) is 0 Å². The molecule has 0 heterocycles. The summed E-state index contributed by atoms with van der Waals surface area (Å²) >= 11 is 0. The Labute approximate surface area is 102 Å². The molecule has 0 bridgehead atoms. The summed E-state index contributed by atoms with van der Waals surface area (Å²) in [5.74, 6) is -1.27. The fourth-order valence-electron chi connectivity index (χ4n) is 2.39. The first-order valence-electron chi connectivity index (χ1n) is 6.21. The molecule has 1 atom stereocenters. The van der Waals surface area contributed by atoms with Crippen LogP contribution >= 0.6 is 0 Å². The molecule has 1 amide bonds. The van der Waals surface area contributed by atoms with E-state index in [1.807, 2.05) is 7.05 Å². The van der Waals surface area contributed by atoms with Crippen molar-refractivity contribution >= 4 is 11.9 Å². The van der Waals surface area contributed by atoms with Crippen molar-refractivity contribution in [2.24, 2.45) is 0 Å². The molecule has 5 nitrogen and oxygen atoms in total. The first kappa shape index (κ1) is 14.0. The van der Waals surface area contributed by atoms with Gasteiger partial charge in [-0.3, -0.25) is 4.79 Å². The molecule has 0 saturated heterocycles. The highest BCUT2D eigenvalue weighted by Gasteiger charge is 2.25. The summed E-state index contributed by atoms with van der Waals surface area (Å²) in [7, 11) is 1.94. The summed E-state index contributed by atoms with van der Waals surface area (Å²) in [6, 6.07) is -0.348. The molecule has 1 unspecified atom stereocenters. The number of carbonyl (C=O) groups excluding carboxylic acids is 1. The summed E-state index contributed by atoms with van der Waals surface area (Å²) in [5, 5.41) is 11.5. The molecular weight excluding hydrogens is 220 g/mol. The number of hydrogen-bond acceptors (Lipinski definition) is 3. The molecule has 0 aliphatic heterocycles. The van der Waals surface area contributed by atoms with Gasteiger partial charge >= 0.3 is 5.97 Å². The van der Waals surface area contributed by atoms with Gasteiger partial charge in [-0.05, 0) is 19.9 Å². The van der Waals surface area contributed by atoms with Gasteiger partial charge in [-0.2, -0.15) is 0 Å². The molecule has 1 aliphatic carbocycles. The summed E-state index contributed by atoms with van der Waals surface area (Å²) < 4.78 is 0. The lowest BCUT2D eigenvalue weighted by atomic mass is 9.94. The van der Waals surface area contributed by atoms with Crippen molar-refractivity contribution in [3.63, 3.8) is 0 Å². The van der Waals surface area contributed by atoms with Crippen molar-refractivity contribution in [2.45, 2.75) is 51.1 Å². The first-order chi connectivity index (χ1) is 8.00. The van der Waals surface area contributed by atoms with Crippen LogP contribution in [0.5, 0.6) is 0 Å². The average Bonchev–Trinajstić information content (AvgIpc) is 2.28. The number of aliphatic carboxylic acids is 1. The van der Waals surface area contributed by atoms with Gasteiger partial charge in [0.2, 0.25) is 5.91 Å². The van der Waals surface area contributed by atoms with Crippen LogP contribution in [0, 0.1) is 0 Å². The van der Waals surface area contributed by atoms with E-state index in [0.717, 1.165) is 12.8 Å². The average molecular weight is 242 g/mol. The molecule has 1 rings (SSSR count). The summed E-state index contributed by atoms with van der Waals surface area (Å²) in [5.41, 5.74) is 0. The number of hydrogen-bond donors (Lipinski definition) is 2. The van der Waals surface area contributed by atoms with Gasteiger partial charge in [-0.1, -0.05) is 19.3 Å². The van der Waals surface area contributed by atoms with E-state index in [1.54, 1.807) is 0 Å². The molecule has 0 aromatic carbocycles. The minimum Gasteiger partial charge on any atom is -0.480 e. The van der Waals surface area contributed by atoms with E-state index in [4.69, 9.17) is 5.11 Å². The van der Waals surface area contributed by atoms with Crippen molar-refractivity contribution in [3.05, 3.63) is 0 Å². The molecule has 0 spiro atoms. The predicted molar refractivity (Wildman–Crippen MR) is 64.7 cm³/mol. The second kappa shape index (κ2) is 6.59. The zero-order chi connectivity index (χ0) is 12.8. The van der Waals surface area contributed by atoms with E-state index in [-0.39, 0.29) is 5.91 Å². The summed E-state index contributed by atoms with van der Waals surface area (Å²) in [4.78, 5) is 24.0. The zero-order valence-corrected chi connectivity index (χ0v) is 10.6. The molecule has 98 valence electrons. The van der Waals surface area contributed by atoms with Crippen molar-refractivity contribution in [3.8, 4) is 0 Å². The molecule has 1 fully saturated rings. The number of amides is 1. The highest BCUT2D eigenvalue weighted by atomic mass is 16.4. The van der Waals surface area contributed by atoms with Crippen LogP contribution in [-0.2, 0) is 9.59 Å². The topological polar surface area (TPSA) is 69.6 Å². The Bertz CT molecular complexity index is 275. The summed E-state index contributed by atoms with van der Waals surface area (Å²) in [6.45, 7) is 1.72. The van der Waals surface area contributed by atoms with E-state index in [1.165, 1.54) is 26.2 Å². The molecule has 5 heteroatoms. The van der Waals surface area contributed by atoms with E-state index in [0.29, 0.717) is 12.6 Å². The van der Waals surface area contributed by atoms with E-state index >= 15 is 0 Å². The zero-order valence-electron chi connectivity index (χ0n) is 10.6. The van der Waals surface area contributed by atoms with Crippen LogP contribution in [0.3, 0.4) is 0 Å². The Morgan fingerprint density at radius 2 is 1.94 bits per heavy atom. The molecule has 0 radical (unpaired) electrons. The minimum absolute atomic E-state index is 0.297. The number of nitrogens with one attached hydrogen (secondary N) is 1. The Kier molecular flexibility index (Phi) is 5.41. The van der Waals surface area contributed by atoms with Crippen LogP contribution in [0.1, 0.15) is 39.0 Å². The molecule has 1 saturated carbocycles. The molecule has 0 aromatic rings. The van der Waals surface area contributed by atoms with Gasteiger partial charge < -0.3 is 15.3 Å². The largest absolute Gasteiger partial charge is 0.480 e. The Balaban J connectivity index is 2.47. The molecular formula is C12H22N2O3. The fraction of sp³-hybridized carbons (Fsp3) is 0.833.